The normalized spacial score (nSPS) is 11.8. The van der Waals surface area contributed by atoms with E-state index in [0.29, 0.717) is 19.7 Å². The van der Waals surface area contributed by atoms with Gasteiger partial charge in [0.1, 0.15) is 5.01 Å². The molecule has 0 amide bonds. The molecule has 0 aromatic carbocycles. The lowest BCUT2D eigenvalue weighted by atomic mass is 10.2. The second kappa shape index (κ2) is 8.79. The van der Waals surface area contributed by atoms with Crippen LogP contribution in [0.1, 0.15) is 26.8 Å². The number of hydrogen-bond acceptors (Lipinski definition) is 5. The first-order chi connectivity index (χ1) is 11.5. The average molecular weight is 350 g/mol. The molecule has 132 valence electrons. The molecule has 0 saturated heterocycles. The lowest BCUT2D eigenvalue weighted by Crippen LogP contribution is -2.36. The van der Waals surface area contributed by atoms with Crippen molar-refractivity contribution in [2.45, 2.75) is 40.4 Å². The van der Waals surface area contributed by atoms with E-state index in [4.69, 9.17) is 4.74 Å². The summed E-state index contributed by atoms with van der Waals surface area (Å²) in [7, 11) is 3.47. The van der Waals surface area contributed by atoms with Crippen molar-refractivity contribution in [1.82, 2.24) is 25.4 Å². The van der Waals surface area contributed by atoms with E-state index in [1.165, 1.54) is 10.4 Å². The molecular weight excluding hydrogens is 324 g/mol. The highest BCUT2D eigenvalue weighted by Gasteiger charge is 2.12. The van der Waals surface area contributed by atoms with Gasteiger partial charge in [-0.15, -0.1) is 11.3 Å². The second-order valence-electron chi connectivity index (χ2n) is 5.51. The summed E-state index contributed by atoms with van der Waals surface area (Å²) in [5.74, 6) is 0.756. The summed E-state index contributed by atoms with van der Waals surface area (Å²) in [6.45, 7) is 8.94. The highest BCUT2D eigenvalue weighted by Crippen LogP contribution is 2.13. The Kier molecular flexibility index (Phi) is 6.74. The highest BCUT2D eigenvalue weighted by atomic mass is 32.1. The molecule has 0 spiro atoms. The van der Waals surface area contributed by atoms with Crippen LogP contribution in [0.4, 0.5) is 0 Å². The van der Waals surface area contributed by atoms with Crippen molar-refractivity contribution in [2.75, 3.05) is 20.8 Å². The maximum absolute atomic E-state index is 5.13. The van der Waals surface area contributed by atoms with E-state index in [1.54, 1.807) is 25.5 Å². The van der Waals surface area contributed by atoms with Crippen LogP contribution in [0.2, 0.25) is 0 Å². The predicted molar refractivity (Wildman–Crippen MR) is 97.5 cm³/mol. The largest absolute Gasteiger partial charge is 0.383 e. The zero-order chi connectivity index (χ0) is 17.5. The van der Waals surface area contributed by atoms with Crippen molar-refractivity contribution >= 4 is 17.3 Å². The fourth-order valence-corrected chi connectivity index (χ4v) is 3.15. The summed E-state index contributed by atoms with van der Waals surface area (Å²) in [6, 6.07) is 0. The smallest absolute Gasteiger partial charge is 0.191 e. The van der Waals surface area contributed by atoms with Gasteiger partial charge in [-0.1, -0.05) is 0 Å². The number of guanidine groups is 1. The van der Waals surface area contributed by atoms with Gasteiger partial charge in [-0.05, 0) is 20.8 Å². The van der Waals surface area contributed by atoms with Crippen molar-refractivity contribution in [3.63, 3.8) is 0 Å². The first-order valence-electron chi connectivity index (χ1n) is 7.92. The molecule has 0 bridgehead atoms. The Hall–Kier alpha value is -1.93. The van der Waals surface area contributed by atoms with Crippen LogP contribution >= 0.6 is 11.3 Å². The van der Waals surface area contributed by atoms with Gasteiger partial charge in [-0.2, -0.15) is 5.10 Å². The van der Waals surface area contributed by atoms with Crippen molar-refractivity contribution in [3.05, 3.63) is 33.0 Å². The monoisotopic (exact) mass is 350 g/mol. The lowest BCUT2D eigenvalue weighted by molar-refractivity contribution is 0.182. The molecule has 2 N–H and O–H groups in total. The minimum Gasteiger partial charge on any atom is -0.383 e. The summed E-state index contributed by atoms with van der Waals surface area (Å²) >= 11 is 1.69. The Bertz CT molecular complexity index is 691. The zero-order valence-electron chi connectivity index (χ0n) is 15.0. The molecule has 24 heavy (non-hydrogen) atoms. The molecule has 2 heterocycles. The van der Waals surface area contributed by atoms with E-state index >= 15 is 0 Å². The van der Waals surface area contributed by atoms with Crippen LogP contribution in [0, 0.1) is 20.8 Å². The van der Waals surface area contributed by atoms with E-state index in [-0.39, 0.29) is 0 Å². The number of nitrogens with one attached hydrogen (secondary N) is 2. The third-order valence-corrected chi connectivity index (χ3v) is 4.68. The van der Waals surface area contributed by atoms with Crippen LogP contribution in [0.3, 0.4) is 0 Å². The maximum Gasteiger partial charge on any atom is 0.191 e. The number of methoxy groups -OCH3 is 1. The minimum atomic E-state index is 0.658. The second-order valence-corrected chi connectivity index (χ2v) is 6.83. The first kappa shape index (κ1) is 18.4. The molecule has 0 unspecified atom stereocenters. The van der Waals surface area contributed by atoms with E-state index < -0.39 is 0 Å². The van der Waals surface area contributed by atoms with Crippen LogP contribution in [0.5, 0.6) is 0 Å². The maximum atomic E-state index is 5.13. The first-order valence-corrected chi connectivity index (χ1v) is 8.74. The number of aliphatic imine (C=N–C) groups is 1. The number of aryl methyl sites for hydroxylation is 2. The molecule has 0 atom stereocenters. The van der Waals surface area contributed by atoms with Crippen molar-refractivity contribution in [2.24, 2.45) is 4.99 Å². The molecule has 0 aliphatic rings. The molecule has 0 aliphatic carbocycles. The lowest BCUT2D eigenvalue weighted by Gasteiger charge is -2.11. The van der Waals surface area contributed by atoms with Crippen molar-refractivity contribution in [1.29, 1.82) is 0 Å². The van der Waals surface area contributed by atoms with Crippen LogP contribution in [-0.4, -0.2) is 41.5 Å². The van der Waals surface area contributed by atoms with Crippen LogP contribution in [-0.2, 0) is 24.4 Å². The topological polar surface area (TPSA) is 76.4 Å². The molecule has 0 fully saturated rings. The molecular formula is C16H26N6OS. The minimum absolute atomic E-state index is 0.658. The summed E-state index contributed by atoms with van der Waals surface area (Å²) in [6.07, 6.45) is 1.89. The van der Waals surface area contributed by atoms with E-state index in [2.05, 4.69) is 39.6 Å². The third kappa shape index (κ3) is 4.78. The summed E-state index contributed by atoms with van der Waals surface area (Å²) in [5, 5.41) is 12.3. The highest BCUT2D eigenvalue weighted by molar-refractivity contribution is 7.11. The number of nitrogens with zero attached hydrogens (tertiary/aromatic N) is 4. The Morgan fingerprint density at radius 3 is 2.67 bits per heavy atom. The van der Waals surface area contributed by atoms with Crippen molar-refractivity contribution in [3.8, 4) is 0 Å². The zero-order valence-corrected chi connectivity index (χ0v) is 15.8. The molecule has 0 saturated carbocycles. The molecule has 2 aromatic rings. The Morgan fingerprint density at radius 2 is 2.04 bits per heavy atom. The van der Waals surface area contributed by atoms with E-state index in [9.17, 15) is 0 Å². The van der Waals surface area contributed by atoms with Gasteiger partial charge in [0.15, 0.2) is 5.96 Å². The van der Waals surface area contributed by atoms with Gasteiger partial charge in [-0.25, -0.2) is 4.98 Å². The molecule has 0 radical (unpaired) electrons. The molecule has 7 nitrogen and oxygen atoms in total. The standard InChI is InChI=1S/C16H26N6OS/c1-11-8-18-15(24-11)10-20-16(17-4)19-9-14-12(2)21-22(13(14)3)6-7-23-5/h8H,6-7,9-10H2,1-5H3,(H2,17,19,20). The van der Waals surface area contributed by atoms with Gasteiger partial charge in [0.25, 0.3) is 0 Å². The SMILES string of the molecule is CN=C(NCc1ncc(C)s1)NCc1c(C)nn(CCOC)c1C. The molecule has 8 heteroatoms. The summed E-state index contributed by atoms with van der Waals surface area (Å²) < 4.78 is 7.12. The Balaban J connectivity index is 1.92. The van der Waals surface area contributed by atoms with Gasteiger partial charge < -0.3 is 15.4 Å². The van der Waals surface area contributed by atoms with Crippen LogP contribution in [0.25, 0.3) is 0 Å². The van der Waals surface area contributed by atoms with E-state index in [0.717, 1.165) is 28.9 Å². The van der Waals surface area contributed by atoms with Crippen LogP contribution < -0.4 is 10.6 Å². The van der Waals surface area contributed by atoms with Gasteiger partial charge in [0, 0.05) is 43.0 Å². The third-order valence-electron chi connectivity index (χ3n) is 3.77. The van der Waals surface area contributed by atoms with Crippen LogP contribution in [0.15, 0.2) is 11.2 Å². The Morgan fingerprint density at radius 1 is 1.29 bits per heavy atom. The Labute approximate surface area is 147 Å². The molecule has 0 aliphatic heterocycles. The number of rotatable bonds is 7. The summed E-state index contributed by atoms with van der Waals surface area (Å²) in [4.78, 5) is 9.83. The molecule has 2 aromatic heterocycles. The molecule has 2 rings (SSSR count). The van der Waals surface area contributed by atoms with E-state index in [1.807, 2.05) is 17.8 Å². The average Bonchev–Trinajstić information content (AvgIpc) is 3.10. The number of hydrogen-bond donors (Lipinski definition) is 2. The quantitative estimate of drug-likeness (QED) is 0.588. The fourth-order valence-electron chi connectivity index (χ4n) is 2.42. The van der Waals surface area contributed by atoms with Gasteiger partial charge in [-0.3, -0.25) is 9.67 Å². The number of thiazole rings is 1. The number of ether oxygens (including phenoxy) is 1. The van der Waals surface area contributed by atoms with Gasteiger partial charge in [0.05, 0.1) is 25.4 Å². The number of aromatic nitrogens is 3. The fraction of sp³-hybridized carbons (Fsp3) is 0.562. The van der Waals surface area contributed by atoms with Gasteiger partial charge >= 0.3 is 0 Å². The predicted octanol–water partition coefficient (Wildman–Crippen LogP) is 1.78. The van der Waals surface area contributed by atoms with Gasteiger partial charge in [0.2, 0.25) is 0 Å². The summed E-state index contributed by atoms with van der Waals surface area (Å²) in [5.41, 5.74) is 3.38. The van der Waals surface area contributed by atoms with Crippen molar-refractivity contribution < 1.29 is 4.74 Å².